The highest BCUT2D eigenvalue weighted by Gasteiger charge is 2.19. The van der Waals surface area contributed by atoms with E-state index in [-0.39, 0.29) is 12.5 Å². The number of para-hydroxylation sites is 2. The summed E-state index contributed by atoms with van der Waals surface area (Å²) in [6.45, 7) is -0.118. The third-order valence-corrected chi connectivity index (χ3v) is 5.12. The Kier molecular flexibility index (Phi) is 5.35. The van der Waals surface area contributed by atoms with E-state index in [1.165, 1.54) is 4.90 Å². The van der Waals surface area contributed by atoms with Crippen LogP contribution >= 0.6 is 0 Å². The predicted molar refractivity (Wildman–Crippen MR) is 124 cm³/mol. The molecule has 0 atom stereocenters. The zero-order valence-electron chi connectivity index (χ0n) is 17.6. The number of pyridine rings is 1. The molecule has 0 aliphatic rings. The van der Waals surface area contributed by atoms with Gasteiger partial charge in [0.15, 0.2) is 0 Å². The first-order valence-corrected chi connectivity index (χ1v) is 9.81. The number of nitrogens with zero attached hydrogens (tertiary/aromatic N) is 2. The van der Waals surface area contributed by atoms with Crippen LogP contribution in [0.3, 0.4) is 0 Å². The Morgan fingerprint density at radius 3 is 2.48 bits per heavy atom. The number of rotatable bonds is 5. The molecule has 1 aromatic heterocycles. The van der Waals surface area contributed by atoms with Crippen molar-refractivity contribution in [2.75, 3.05) is 32.3 Å². The van der Waals surface area contributed by atoms with E-state index >= 15 is 0 Å². The van der Waals surface area contributed by atoms with E-state index in [0.717, 1.165) is 22.1 Å². The first-order chi connectivity index (χ1) is 14.9. The van der Waals surface area contributed by atoms with Crippen LogP contribution in [-0.2, 0) is 6.61 Å². The Hall–Kier alpha value is -3.84. The minimum Gasteiger partial charge on any atom is -0.494 e. The van der Waals surface area contributed by atoms with Crippen LogP contribution in [0.1, 0.15) is 15.9 Å². The number of ether oxygens (including phenoxy) is 1. The summed E-state index contributed by atoms with van der Waals surface area (Å²) < 4.78 is 5.55. The highest BCUT2D eigenvalue weighted by molar-refractivity contribution is 6.15. The second-order valence-corrected chi connectivity index (χ2v) is 7.49. The number of nitrogens with two attached hydrogens (primary N) is 1. The van der Waals surface area contributed by atoms with Crippen molar-refractivity contribution in [1.29, 1.82) is 0 Å². The van der Waals surface area contributed by atoms with E-state index in [0.29, 0.717) is 33.6 Å². The summed E-state index contributed by atoms with van der Waals surface area (Å²) in [5.41, 5.74) is 10.5. The standard InChI is InChI=1S/C24H24N4O3/c1-28(2)24(30)19-8-4-6-17-21(26-16-11-14(13-29)10-15(25)12-16)18-7-5-9-20(31-3)23(18)27-22(17)19/h4-12,29H,13,25H2,1-3H3,(H,26,27). The summed E-state index contributed by atoms with van der Waals surface area (Å²) in [4.78, 5) is 19.2. The summed E-state index contributed by atoms with van der Waals surface area (Å²) in [7, 11) is 5.02. The number of fused-ring (bicyclic) bond motifs is 2. The van der Waals surface area contributed by atoms with Crippen LogP contribution in [0.25, 0.3) is 21.8 Å². The Labute approximate surface area is 180 Å². The smallest absolute Gasteiger partial charge is 0.255 e. The lowest BCUT2D eigenvalue weighted by Gasteiger charge is -2.18. The van der Waals surface area contributed by atoms with Crippen LogP contribution in [0.5, 0.6) is 5.75 Å². The van der Waals surface area contributed by atoms with Gasteiger partial charge in [0.25, 0.3) is 5.91 Å². The second-order valence-electron chi connectivity index (χ2n) is 7.49. The van der Waals surface area contributed by atoms with Crippen molar-refractivity contribution in [2.45, 2.75) is 6.61 Å². The van der Waals surface area contributed by atoms with Gasteiger partial charge in [-0.15, -0.1) is 0 Å². The molecule has 0 radical (unpaired) electrons. The van der Waals surface area contributed by atoms with Crippen molar-refractivity contribution in [2.24, 2.45) is 0 Å². The molecular weight excluding hydrogens is 392 g/mol. The monoisotopic (exact) mass is 416 g/mol. The van der Waals surface area contributed by atoms with E-state index < -0.39 is 0 Å². The molecule has 0 bridgehead atoms. The average molecular weight is 416 g/mol. The summed E-state index contributed by atoms with van der Waals surface area (Å²) in [5, 5.41) is 14.6. The van der Waals surface area contributed by atoms with Crippen molar-refractivity contribution >= 4 is 44.8 Å². The molecule has 0 unspecified atom stereocenters. The van der Waals surface area contributed by atoms with Gasteiger partial charge in [-0.05, 0) is 35.9 Å². The fourth-order valence-electron chi connectivity index (χ4n) is 3.70. The topological polar surface area (TPSA) is 101 Å². The number of aliphatic hydroxyl groups is 1. The van der Waals surface area contributed by atoms with Gasteiger partial charge in [-0.2, -0.15) is 0 Å². The average Bonchev–Trinajstić information content (AvgIpc) is 2.77. The molecule has 158 valence electrons. The van der Waals surface area contributed by atoms with Gasteiger partial charge in [0.1, 0.15) is 11.3 Å². The number of nitrogens with one attached hydrogen (secondary N) is 1. The van der Waals surface area contributed by atoms with E-state index in [2.05, 4.69) is 5.32 Å². The third-order valence-electron chi connectivity index (χ3n) is 5.12. The van der Waals surface area contributed by atoms with Crippen LogP contribution in [-0.4, -0.2) is 42.1 Å². The van der Waals surface area contributed by atoms with Gasteiger partial charge in [0.05, 0.1) is 30.5 Å². The molecule has 0 aliphatic carbocycles. The van der Waals surface area contributed by atoms with Gasteiger partial charge in [-0.3, -0.25) is 4.79 Å². The van der Waals surface area contributed by atoms with Crippen LogP contribution in [0.15, 0.2) is 54.6 Å². The molecule has 4 rings (SSSR count). The maximum Gasteiger partial charge on any atom is 0.255 e. The van der Waals surface area contributed by atoms with E-state index in [1.807, 2.05) is 36.4 Å². The number of carbonyl (C=O) groups excluding carboxylic acids is 1. The van der Waals surface area contributed by atoms with Crippen LogP contribution < -0.4 is 15.8 Å². The van der Waals surface area contributed by atoms with Gasteiger partial charge in [-0.25, -0.2) is 4.98 Å². The van der Waals surface area contributed by atoms with E-state index in [4.69, 9.17) is 15.5 Å². The molecule has 0 fully saturated rings. The van der Waals surface area contributed by atoms with Gasteiger partial charge in [-0.1, -0.05) is 24.3 Å². The third kappa shape index (κ3) is 3.71. The number of hydrogen-bond donors (Lipinski definition) is 3. The molecule has 1 amide bonds. The first-order valence-electron chi connectivity index (χ1n) is 9.81. The molecule has 0 saturated heterocycles. The lowest BCUT2D eigenvalue weighted by molar-refractivity contribution is 0.0829. The highest BCUT2D eigenvalue weighted by Crippen LogP contribution is 2.38. The minimum atomic E-state index is -0.134. The first kappa shape index (κ1) is 20.4. The van der Waals surface area contributed by atoms with Gasteiger partial charge < -0.3 is 25.8 Å². The molecular formula is C24H24N4O3. The normalized spacial score (nSPS) is 11.0. The molecule has 4 aromatic rings. The molecule has 3 aromatic carbocycles. The summed E-state index contributed by atoms with van der Waals surface area (Å²) in [6, 6.07) is 16.6. The number of carbonyl (C=O) groups is 1. The number of nitrogen functional groups attached to an aromatic ring is 1. The Morgan fingerprint density at radius 1 is 1.10 bits per heavy atom. The molecule has 7 heteroatoms. The lowest BCUT2D eigenvalue weighted by atomic mass is 10.0. The van der Waals surface area contributed by atoms with Crippen molar-refractivity contribution in [3.05, 3.63) is 65.7 Å². The number of anilines is 3. The fourth-order valence-corrected chi connectivity index (χ4v) is 3.70. The Balaban J connectivity index is 2.05. The Morgan fingerprint density at radius 2 is 1.81 bits per heavy atom. The number of benzene rings is 3. The van der Waals surface area contributed by atoms with Crippen molar-refractivity contribution in [3.8, 4) is 5.75 Å². The van der Waals surface area contributed by atoms with Crippen molar-refractivity contribution < 1.29 is 14.6 Å². The minimum absolute atomic E-state index is 0.118. The number of hydrogen-bond acceptors (Lipinski definition) is 6. The summed E-state index contributed by atoms with van der Waals surface area (Å²) >= 11 is 0. The summed E-state index contributed by atoms with van der Waals surface area (Å²) in [6.07, 6.45) is 0. The molecule has 0 aliphatic heterocycles. The van der Waals surface area contributed by atoms with Gasteiger partial charge >= 0.3 is 0 Å². The Bertz CT molecular complexity index is 1300. The number of methoxy groups -OCH3 is 1. The maximum atomic E-state index is 12.8. The van der Waals surface area contributed by atoms with E-state index in [1.54, 1.807) is 39.4 Å². The van der Waals surface area contributed by atoms with Crippen molar-refractivity contribution in [1.82, 2.24) is 9.88 Å². The van der Waals surface area contributed by atoms with Crippen molar-refractivity contribution in [3.63, 3.8) is 0 Å². The molecule has 0 spiro atoms. The zero-order valence-corrected chi connectivity index (χ0v) is 17.6. The molecule has 7 nitrogen and oxygen atoms in total. The highest BCUT2D eigenvalue weighted by atomic mass is 16.5. The molecule has 31 heavy (non-hydrogen) atoms. The summed E-state index contributed by atoms with van der Waals surface area (Å²) in [5.74, 6) is 0.475. The fraction of sp³-hybridized carbons (Fsp3) is 0.167. The SMILES string of the molecule is COc1cccc2c(Nc3cc(N)cc(CO)c3)c3cccc(C(=O)N(C)C)c3nc12. The molecule has 1 heterocycles. The van der Waals surface area contributed by atoms with Crippen LogP contribution in [0.2, 0.25) is 0 Å². The molecule has 0 saturated carbocycles. The molecule has 4 N–H and O–H groups in total. The quantitative estimate of drug-likeness (QED) is 0.337. The second kappa shape index (κ2) is 8.12. The lowest BCUT2D eigenvalue weighted by Crippen LogP contribution is -2.22. The van der Waals surface area contributed by atoms with Gasteiger partial charge in [0.2, 0.25) is 0 Å². The van der Waals surface area contributed by atoms with Gasteiger partial charge in [0, 0.05) is 36.2 Å². The predicted octanol–water partition coefficient (Wildman–Crippen LogP) is 3.92. The van der Waals surface area contributed by atoms with Crippen LogP contribution in [0.4, 0.5) is 17.1 Å². The number of aromatic nitrogens is 1. The van der Waals surface area contributed by atoms with Crippen LogP contribution in [0, 0.1) is 0 Å². The largest absolute Gasteiger partial charge is 0.494 e. The zero-order chi connectivity index (χ0) is 22.1. The number of amides is 1. The van der Waals surface area contributed by atoms with E-state index in [9.17, 15) is 9.90 Å². The number of aliphatic hydroxyl groups excluding tert-OH is 1. The maximum absolute atomic E-state index is 12.8.